The lowest BCUT2D eigenvalue weighted by atomic mass is 9.42. The van der Waals surface area contributed by atoms with Crippen molar-refractivity contribution in [2.45, 2.75) is 98.9 Å². The van der Waals surface area contributed by atoms with Crippen LogP contribution in [0.4, 0.5) is 0 Å². The van der Waals surface area contributed by atoms with E-state index < -0.39 is 57.6 Å². The molecule has 0 aromatic heterocycles. The van der Waals surface area contributed by atoms with Gasteiger partial charge in [-0.25, -0.2) is 4.79 Å². The molecule has 4 N–H and O–H groups in total. The van der Waals surface area contributed by atoms with Gasteiger partial charge >= 0.3 is 5.97 Å². The molecule has 2 saturated carbocycles. The van der Waals surface area contributed by atoms with Crippen LogP contribution < -0.4 is 0 Å². The molecule has 0 spiro atoms. The number of allylic oxidation sites excluding steroid dienone is 1. The van der Waals surface area contributed by atoms with Crippen LogP contribution in [0.5, 0.6) is 0 Å². The molecule has 0 radical (unpaired) electrons. The second-order valence-electron chi connectivity index (χ2n) is 13.6. The van der Waals surface area contributed by atoms with Crippen LogP contribution in [0, 0.1) is 39.4 Å². The molecule has 210 valence electrons. The fraction of sp³-hybridized carbons (Fsp3) is 0.733. The van der Waals surface area contributed by atoms with Gasteiger partial charge in [-0.1, -0.05) is 34.6 Å². The SMILES string of the molecule is C/C(=C\C(O)CC(C)C1CC(=O)C2(C)C3=C(C(=O)C(O)C12C)C1(C)CCC(O)C(C)(C)C1CC3=O)C(=O)O. The first-order valence-corrected chi connectivity index (χ1v) is 13.7. The molecule has 2 fully saturated rings. The highest BCUT2D eigenvalue weighted by molar-refractivity contribution is 6.17. The van der Waals surface area contributed by atoms with Gasteiger partial charge in [-0.15, -0.1) is 0 Å². The average molecular weight is 531 g/mol. The van der Waals surface area contributed by atoms with Gasteiger partial charge < -0.3 is 20.4 Å². The number of carbonyl (C=O) groups excluding carboxylic acids is 3. The number of aliphatic hydroxyl groups excluding tert-OH is 3. The van der Waals surface area contributed by atoms with Crippen molar-refractivity contribution in [3.8, 4) is 0 Å². The summed E-state index contributed by atoms with van der Waals surface area (Å²) >= 11 is 0. The fourth-order valence-corrected chi connectivity index (χ4v) is 8.82. The van der Waals surface area contributed by atoms with Gasteiger partial charge in [-0.05, 0) is 62.4 Å². The van der Waals surface area contributed by atoms with E-state index in [2.05, 4.69) is 0 Å². The first-order valence-electron chi connectivity index (χ1n) is 13.7. The molecule has 38 heavy (non-hydrogen) atoms. The van der Waals surface area contributed by atoms with Gasteiger partial charge in [0.05, 0.1) is 17.6 Å². The molecule has 8 nitrogen and oxygen atoms in total. The number of carboxylic acids is 1. The highest BCUT2D eigenvalue weighted by Crippen LogP contribution is 2.70. The minimum absolute atomic E-state index is 0.00190. The van der Waals surface area contributed by atoms with E-state index in [9.17, 15) is 34.5 Å². The Morgan fingerprint density at radius 2 is 1.66 bits per heavy atom. The molecular formula is C30H42O8. The minimum Gasteiger partial charge on any atom is -0.478 e. The highest BCUT2D eigenvalue weighted by atomic mass is 16.4. The Labute approximate surface area is 224 Å². The van der Waals surface area contributed by atoms with Gasteiger partial charge in [0.25, 0.3) is 0 Å². The lowest BCUT2D eigenvalue weighted by Crippen LogP contribution is -2.64. The lowest BCUT2D eigenvalue weighted by Gasteiger charge is -2.60. The minimum atomic E-state index is -1.52. The Morgan fingerprint density at radius 3 is 2.24 bits per heavy atom. The van der Waals surface area contributed by atoms with E-state index in [-0.39, 0.29) is 59.4 Å². The van der Waals surface area contributed by atoms with Crippen LogP contribution >= 0.6 is 0 Å². The molecule has 0 amide bonds. The Kier molecular flexibility index (Phi) is 6.78. The van der Waals surface area contributed by atoms with E-state index in [4.69, 9.17) is 5.11 Å². The molecule has 0 aliphatic heterocycles. The molecule has 8 heteroatoms. The van der Waals surface area contributed by atoms with Crippen LogP contribution in [0.3, 0.4) is 0 Å². The molecule has 9 atom stereocenters. The van der Waals surface area contributed by atoms with Gasteiger partial charge in [0.15, 0.2) is 11.6 Å². The Balaban J connectivity index is 1.82. The summed E-state index contributed by atoms with van der Waals surface area (Å²) in [6, 6.07) is 0. The molecule has 0 aromatic carbocycles. The Bertz CT molecular complexity index is 1160. The van der Waals surface area contributed by atoms with Crippen LogP contribution in [0.15, 0.2) is 22.8 Å². The maximum atomic E-state index is 14.1. The third-order valence-corrected chi connectivity index (χ3v) is 11.4. The van der Waals surface area contributed by atoms with Crippen LogP contribution in [-0.2, 0) is 19.2 Å². The number of aliphatic hydroxyl groups is 3. The summed E-state index contributed by atoms with van der Waals surface area (Å²) in [6.45, 7) is 12.4. The monoisotopic (exact) mass is 530 g/mol. The number of hydrogen-bond donors (Lipinski definition) is 4. The maximum absolute atomic E-state index is 14.1. The first-order chi connectivity index (χ1) is 17.4. The molecule has 0 heterocycles. The number of rotatable bonds is 5. The zero-order valence-electron chi connectivity index (χ0n) is 23.5. The topological polar surface area (TPSA) is 149 Å². The van der Waals surface area contributed by atoms with Gasteiger partial charge in [0.2, 0.25) is 0 Å². The van der Waals surface area contributed by atoms with Gasteiger partial charge in [0.1, 0.15) is 11.9 Å². The van der Waals surface area contributed by atoms with Crippen molar-refractivity contribution >= 4 is 23.3 Å². The van der Waals surface area contributed by atoms with Crippen molar-refractivity contribution < 1.29 is 39.6 Å². The van der Waals surface area contributed by atoms with E-state index in [1.54, 1.807) is 13.8 Å². The summed E-state index contributed by atoms with van der Waals surface area (Å²) in [7, 11) is 0. The fourth-order valence-electron chi connectivity index (χ4n) is 8.82. The summed E-state index contributed by atoms with van der Waals surface area (Å²) in [5.41, 5.74) is -3.51. The van der Waals surface area contributed by atoms with E-state index in [0.29, 0.717) is 12.8 Å². The number of Topliss-reactive ketones (excluding diaryl/α,β-unsaturated/α-hetero) is 3. The predicted octanol–water partition coefficient (Wildman–Crippen LogP) is 3.02. The first kappa shape index (κ1) is 28.8. The summed E-state index contributed by atoms with van der Waals surface area (Å²) in [5.74, 6) is -3.28. The third-order valence-electron chi connectivity index (χ3n) is 11.4. The molecular weight excluding hydrogens is 488 g/mol. The van der Waals surface area contributed by atoms with Crippen molar-refractivity contribution in [1.29, 1.82) is 0 Å². The smallest absolute Gasteiger partial charge is 0.331 e. The van der Waals surface area contributed by atoms with Crippen molar-refractivity contribution in [1.82, 2.24) is 0 Å². The summed E-state index contributed by atoms with van der Waals surface area (Å²) in [6.07, 6.45) is -0.718. The van der Waals surface area contributed by atoms with Crippen molar-refractivity contribution in [3.05, 3.63) is 22.8 Å². The lowest BCUT2D eigenvalue weighted by molar-refractivity contribution is -0.159. The molecule has 4 aliphatic rings. The van der Waals surface area contributed by atoms with Gasteiger partial charge in [-0.3, -0.25) is 14.4 Å². The molecule has 4 aliphatic carbocycles. The standard InChI is InChI=1S/C30H42O8/c1-14(10-16(31)11-15(2)26(37)38)17-12-21(34)30(7)22-18(32)13-19-27(3,4)20(33)8-9-28(19,5)23(22)24(35)25(36)29(17,30)6/h11,14,16-17,19-20,25,31,33,36H,8-10,12-13H2,1-7H3,(H,37,38)/b15-11+. The second kappa shape index (κ2) is 8.93. The number of hydrogen-bond acceptors (Lipinski definition) is 7. The third kappa shape index (κ3) is 3.59. The van der Waals surface area contributed by atoms with E-state index in [1.165, 1.54) is 13.0 Å². The van der Waals surface area contributed by atoms with Crippen LogP contribution in [-0.4, -0.2) is 62.1 Å². The second-order valence-corrected chi connectivity index (χ2v) is 13.6. The predicted molar refractivity (Wildman–Crippen MR) is 139 cm³/mol. The largest absolute Gasteiger partial charge is 0.478 e. The van der Waals surface area contributed by atoms with Crippen molar-refractivity contribution in [2.24, 2.45) is 39.4 Å². The molecule has 0 saturated heterocycles. The van der Waals surface area contributed by atoms with Crippen LogP contribution in [0.25, 0.3) is 0 Å². The number of carbonyl (C=O) groups is 4. The van der Waals surface area contributed by atoms with E-state index >= 15 is 0 Å². The summed E-state index contributed by atoms with van der Waals surface area (Å²) in [4.78, 5) is 53.1. The van der Waals surface area contributed by atoms with Crippen LogP contribution in [0.2, 0.25) is 0 Å². The Morgan fingerprint density at radius 1 is 1.05 bits per heavy atom. The van der Waals surface area contributed by atoms with Gasteiger partial charge in [0, 0.05) is 40.4 Å². The number of ketones is 3. The Hall–Kier alpha value is -2.16. The normalized spacial score (nSPS) is 42.4. The summed E-state index contributed by atoms with van der Waals surface area (Å²) < 4.78 is 0. The van der Waals surface area contributed by atoms with E-state index in [1.807, 2.05) is 27.7 Å². The zero-order chi connectivity index (χ0) is 28.7. The molecule has 4 rings (SSSR count). The number of fused-ring (bicyclic) bond motifs is 4. The average Bonchev–Trinajstić information content (AvgIpc) is 3.03. The highest BCUT2D eigenvalue weighted by Gasteiger charge is 2.73. The molecule has 9 unspecified atom stereocenters. The van der Waals surface area contributed by atoms with Crippen LogP contribution in [0.1, 0.15) is 80.6 Å². The van der Waals surface area contributed by atoms with Crippen molar-refractivity contribution in [2.75, 3.05) is 0 Å². The van der Waals surface area contributed by atoms with E-state index in [0.717, 1.165) is 0 Å². The molecule has 0 aromatic rings. The summed E-state index contributed by atoms with van der Waals surface area (Å²) in [5, 5.41) is 42.2. The maximum Gasteiger partial charge on any atom is 0.331 e. The van der Waals surface area contributed by atoms with Gasteiger partial charge in [-0.2, -0.15) is 0 Å². The number of aliphatic carboxylic acids is 1. The zero-order valence-corrected chi connectivity index (χ0v) is 23.5. The molecule has 0 bridgehead atoms. The number of carboxylic acid groups (broad SMARTS) is 1. The van der Waals surface area contributed by atoms with Crippen molar-refractivity contribution in [3.63, 3.8) is 0 Å². The quantitative estimate of drug-likeness (QED) is 0.396.